The average Bonchev–Trinajstić information content (AvgIpc) is 2.54. The molecule has 0 spiro atoms. The van der Waals surface area contributed by atoms with Crippen LogP contribution >= 0.6 is 0 Å². The number of ether oxygens (including phenoxy) is 1. The fourth-order valence-electron chi connectivity index (χ4n) is 1.74. The predicted molar refractivity (Wildman–Crippen MR) is 81.2 cm³/mol. The van der Waals surface area contributed by atoms with E-state index in [1.54, 1.807) is 31.2 Å². The lowest BCUT2D eigenvalue weighted by molar-refractivity contribution is -0.296. The van der Waals surface area contributed by atoms with E-state index < -0.39 is 12.1 Å². The molecule has 6 heteroatoms. The number of benzene rings is 2. The van der Waals surface area contributed by atoms with E-state index in [9.17, 15) is 14.4 Å². The molecule has 2 rings (SSSR count). The first-order valence-electron chi connectivity index (χ1n) is 6.85. The van der Waals surface area contributed by atoms with Crippen molar-refractivity contribution >= 4 is 6.03 Å². The number of hydrogen-bond donors (Lipinski definition) is 2. The maximum Gasteiger partial charge on any atom is 0.438 e. The van der Waals surface area contributed by atoms with Gasteiger partial charge in [0, 0.05) is 5.56 Å². The second kappa shape index (κ2) is 7.40. The van der Waals surface area contributed by atoms with Gasteiger partial charge in [-0.3, -0.25) is 10.9 Å². The van der Waals surface area contributed by atoms with Crippen LogP contribution in [0.1, 0.15) is 12.5 Å². The van der Waals surface area contributed by atoms with E-state index in [-0.39, 0.29) is 5.82 Å². The highest BCUT2D eigenvalue weighted by molar-refractivity contribution is 5.61. The quantitative estimate of drug-likeness (QED) is 0.519. The molecule has 0 saturated carbocycles. The van der Waals surface area contributed by atoms with Gasteiger partial charge in [-0.2, -0.15) is 5.06 Å². The lowest BCUT2D eigenvalue weighted by atomic mass is 10.2. The predicted octanol–water partition coefficient (Wildman–Crippen LogP) is 2.41. The number of hydrogen-bond acceptors (Lipinski definition) is 3. The van der Waals surface area contributed by atoms with Crippen LogP contribution in [0.3, 0.4) is 0 Å². The molecule has 2 aromatic rings. The highest BCUT2D eigenvalue weighted by Gasteiger charge is 2.15. The van der Waals surface area contributed by atoms with Crippen LogP contribution in [-0.2, 0) is 0 Å². The molecule has 0 heterocycles. The molecule has 0 bridgehead atoms. The van der Waals surface area contributed by atoms with Crippen molar-refractivity contribution in [3.8, 4) is 23.3 Å². The minimum Gasteiger partial charge on any atom is -0.457 e. The third-order valence-electron chi connectivity index (χ3n) is 2.93. The van der Waals surface area contributed by atoms with Gasteiger partial charge in [-0.05, 0) is 49.4 Å². The van der Waals surface area contributed by atoms with E-state index in [1.807, 2.05) is 0 Å². The van der Waals surface area contributed by atoms with Gasteiger partial charge in [0.1, 0.15) is 23.4 Å². The Kier molecular flexibility index (Phi) is 5.31. The topological polar surface area (TPSA) is 77.4 Å². The molecule has 118 valence electrons. The fourth-order valence-corrected chi connectivity index (χ4v) is 1.74. The van der Waals surface area contributed by atoms with Crippen molar-refractivity contribution in [3.63, 3.8) is 0 Å². The summed E-state index contributed by atoms with van der Waals surface area (Å²) >= 11 is 0. The first kappa shape index (κ1) is 16.5. The van der Waals surface area contributed by atoms with Gasteiger partial charge in [0.15, 0.2) is 0 Å². The van der Waals surface area contributed by atoms with Crippen LogP contribution < -0.4 is 10.5 Å². The van der Waals surface area contributed by atoms with Gasteiger partial charge in [0.25, 0.3) is 0 Å². The SMILES string of the molecule is CC(C#Cc1cccc(Oc2ccc(F)cc2)c1)N(O)C([NH3+])=O. The zero-order chi connectivity index (χ0) is 16.8. The van der Waals surface area contributed by atoms with Crippen LogP contribution in [0.4, 0.5) is 9.18 Å². The molecule has 1 atom stereocenters. The molecule has 5 nitrogen and oxygen atoms in total. The molecule has 0 saturated heterocycles. The Balaban J connectivity index is 2.11. The van der Waals surface area contributed by atoms with E-state index in [4.69, 9.17) is 4.74 Å². The van der Waals surface area contributed by atoms with Gasteiger partial charge < -0.3 is 4.74 Å². The maximum atomic E-state index is 12.9. The third kappa shape index (κ3) is 4.81. The van der Waals surface area contributed by atoms with Crippen LogP contribution in [0.15, 0.2) is 48.5 Å². The maximum absolute atomic E-state index is 12.9. The Morgan fingerprint density at radius 2 is 1.96 bits per heavy atom. The summed E-state index contributed by atoms with van der Waals surface area (Å²) in [6.45, 7) is 1.58. The molecule has 23 heavy (non-hydrogen) atoms. The van der Waals surface area contributed by atoms with Crippen molar-refractivity contribution in [3.05, 3.63) is 59.9 Å². The summed E-state index contributed by atoms with van der Waals surface area (Å²) in [6, 6.07) is 11.3. The number of halogens is 1. The Hall–Kier alpha value is -2.88. The smallest absolute Gasteiger partial charge is 0.438 e. The fraction of sp³-hybridized carbons (Fsp3) is 0.118. The number of urea groups is 1. The highest BCUT2D eigenvalue weighted by atomic mass is 19.1. The Labute approximate surface area is 133 Å². The molecule has 0 aromatic heterocycles. The van der Waals surface area contributed by atoms with Crippen molar-refractivity contribution in [1.82, 2.24) is 5.06 Å². The third-order valence-corrected chi connectivity index (χ3v) is 2.93. The molecule has 0 fully saturated rings. The van der Waals surface area contributed by atoms with Crippen molar-refractivity contribution in [2.24, 2.45) is 0 Å². The largest absolute Gasteiger partial charge is 0.457 e. The standard InChI is InChI=1S/C17H15FN2O3/c1-12(20(22)17(19)21)5-6-13-3-2-4-16(11-13)23-15-9-7-14(18)8-10-15/h2-4,7-12,22H,1H3,(H2,19,21)/p+1. The van der Waals surface area contributed by atoms with Crippen molar-refractivity contribution in [2.75, 3.05) is 0 Å². The summed E-state index contributed by atoms with van der Waals surface area (Å²) in [5.41, 5.74) is 3.76. The molecular weight excluding hydrogens is 299 g/mol. The summed E-state index contributed by atoms with van der Waals surface area (Å²) in [5.74, 6) is 6.30. The molecule has 2 aromatic carbocycles. The Bertz CT molecular complexity index is 750. The molecule has 1 unspecified atom stereocenters. The molecule has 0 aliphatic carbocycles. The Morgan fingerprint density at radius 1 is 1.26 bits per heavy atom. The van der Waals surface area contributed by atoms with E-state index in [0.29, 0.717) is 22.1 Å². The van der Waals surface area contributed by atoms with Crippen molar-refractivity contribution in [2.45, 2.75) is 13.0 Å². The number of carbonyl (C=O) groups excluding carboxylic acids is 1. The molecule has 2 amide bonds. The zero-order valence-electron chi connectivity index (χ0n) is 12.5. The van der Waals surface area contributed by atoms with E-state index >= 15 is 0 Å². The Morgan fingerprint density at radius 3 is 2.61 bits per heavy atom. The van der Waals surface area contributed by atoms with Crippen molar-refractivity contribution < 1.29 is 24.9 Å². The molecular formula is C17H16FN2O3+. The van der Waals surface area contributed by atoms with Gasteiger partial charge >= 0.3 is 6.03 Å². The first-order valence-corrected chi connectivity index (χ1v) is 6.85. The lowest BCUT2D eigenvalue weighted by Crippen LogP contribution is -2.64. The number of amides is 2. The van der Waals surface area contributed by atoms with Crippen LogP contribution in [0.25, 0.3) is 0 Å². The van der Waals surface area contributed by atoms with E-state index in [1.165, 1.54) is 24.3 Å². The number of rotatable bonds is 3. The average molecular weight is 315 g/mol. The molecule has 0 radical (unpaired) electrons. The number of carbonyl (C=O) groups is 1. The van der Waals surface area contributed by atoms with Crippen LogP contribution in [0, 0.1) is 17.7 Å². The number of quaternary nitrogens is 1. The summed E-state index contributed by atoms with van der Waals surface area (Å²) in [5, 5.41) is 9.87. The van der Waals surface area contributed by atoms with Crippen LogP contribution in [0.5, 0.6) is 11.5 Å². The van der Waals surface area contributed by atoms with Gasteiger partial charge in [-0.1, -0.05) is 17.9 Å². The number of nitrogens with zero attached hydrogens (tertiary/aromatic N) is 1. The minimum absolute atomic E-state index is 0.334. The van der Waals surface area contributed by atoms with E-state index in [2.05, 4.69) is 17.6 Å². The summed E-state index contributed by atoms with van der Waals surface area (Å²) < 4.78 is 18.5. The summed E-state index contributed by atoms with van der Waals surface area (Å²) in [4.78, 5) is 10.9. The summed E-state index contributed by atoms with van der Waals surface area (Å²) in [6.07, 6.45) is 0. The normalized spacial score (nSPS) is 11.1. The zero-order valence-corrected chi connectivity index (χ0v) is 12.5. The van der Waals surface area contributed by atoms with Crippen LogP contribution in [-0.4, -0.2) is 22.3 Å². The van der Waals surface area contributed by atoms with Crippen molar-refractivity contribution in [1.29, 1.82) is 0 Å². The monoisotopic (exact) mass is 315 g/mol. The molecule has 0 aliphatic rings. The molecule has 4 N–H and O–H groups in total. The van der Waals surface area contributed by atoms with E-state index in [0.717, 1.165) is 0 Å². The summed E-state index contributed by atoms with van der Waals surface area (Å²) in [7, 11) is 0. The second-order valence-electron chi connectivity index (χ2n) is 4.77. The van der Waals surface area contributed by atoms with Gasteiger partial charge in [-0.15, -0.1) is 0 Å². The van der Waals surface area contributed by atoms with Gasteiger partial charge in [0.05, 0.1) is 0 Å². The second-order valence-corrected chi connectivity index (χ2v) is 4.77. The van der Waals surface area contributed by atoms with Crippen LogP contribution in [0.2, 0.25) is 0 Å². The molecule has 0 aliphatic heterocycles. The minimum atomic E-state index is -0.722. The first-order chi connectivity index (χ1) is 11.0. The van der Waals surface area contributed by atoms with Gasteiger partial charge in [0.2, 0.25) is 0 Å². The highest BCUT2D eigenvalue weighted by Crippen LogP contribution is 2.22. The van der Waals surface area contributed by atoms with Gasteiger partial charge in [-0.25, -0.2) is 9.18 Å². The lowest BCUT2D eigenvalue weighted by Gasteiger charge is -2.11. The number of hydroxylamine groups is 2.